The Balaban J connectivity index is 1.76. The highest BCUT2D eigenvalue weighted by Crippen LogP contribution is 2.27. The van der Waals surface area contributed by atoms with Crippen LogP contribution in [0.2, 0.25) is 0 Å². The Labute approximate surface area is 144 Å². The summed E-state index contributed by atoms with van der Waals surface area (Å²) < 4.78 is 2.29. The van der Waals surface area contributed by atoms with Gasteiger partial charge in [-0.25, -0.2) is 4.98 Å². The number of benzene rings is 1. The molecule has 4 heteroatoms. The summed E-state index contributed by atoms with van der Waals surface area (Å²) in [6.45, 7) is 5.31. The topological polar surface area (TPSA) is 46.9 Å². The van der Waals surface area contributed by atoms with Crippen LogP contribution in [0.3, 0.4) is 0 Å². The second-order valence-corrected chi connectivity index (χ2v) is 6.66. The van der Waals surface area contributed by atoms with Crippen LogP contribution in [0.5, 0.6) is 0 Å². The maximum absolute atomic E-state index is 12.5. The van der Waals surface area contributed by atoms with Crippen molar-refractivity contribution in [3.05, 3.63) is 36.3 Å². The number of aryl methyl sites for hydroxylation is 1. The molecular weight excluding hydrogens is 298 g/mol. The Morgan fingerprint density at radius 3 is 2.83 bits per heavy atom. The van der Waals surface area contributed by atoms with E-state index in [0.717, 1.165) is 55.6 Å². The van der Waals surface area contributed by atoms with Crippen LogP contribution >= 0.6 is 0 Å². The van der Waals surface area contributed by atoms with E-state index in [2.05, 4.69) is 40.8 Å². The summed E-state index contributed by atoms with van der Waals surface area (Å²) >= 11 is 0. The second kappa shape index (κ2) is 7.65. The van der Waals surface area contributed by atoms with E-state index in [1.54, 1.807) is 0 Å². The molecule has 1 aliphatic rings. The minimum atomic E-state index is 0.114. The molecular formula is C20H27N3O. The molecule has 1 N–H and O–H groups in total. The van der Waals surface area contributed by atoms with Crippen molar-refractivity contribution in [1.29, 1.82) is 0 Å². The van der Waals surface area contributed by atoms with Crippen LogP contribution in [0.4, 0.5) is 5.69 Å². The van der Waals surface area contributed by atoms with Gasteiger partial charge in [-0.1, -0.05) is 38.8 Å². The van der Waals surface area contributed by atoms with Gasteiger partial charge in [0.15, 0.2) is 0 Å². The Bertz CT molecular complexity index is 699. The van der Waals surface area contributed by atoms with E-state index < -0.39 is 0 Å². The van der Waals surface area contributed by atoms with Crippen LogP contribution in [0.15, 0.2) is 30.5 Å². The summed E-state index contributed by atoms with van der Waals surface area (Å²) in [5, 5.41) is 3.11. The van der Waals surface area contributed by atoms with Crippen molar-refractivity contribution in [2.45, 2.75) is 58.9 Å². The largest absolute Gasteiger partial charge is 0.328 e. The molecule has 3 rings (SSSR count). The summed E-state index contributed by atoms with van der Waals surface area (Å²) in [7, 11) is 0. The first-order chi connectivity index (χ1) is 11.7. The first-order valence-electron chi connectivity index (χ1n) is 9.18. The van der Waals surface area contributed by atoms with Crippen LogP contribution < -0.4 is 5.32 Å². The molecule has 1 amide bonds. The molecule has 0 atom stereocenters. The van der Waals surface area contributed by atoms with Crippen LogP contribution in [0.25, 0.3) is 11.3 Å². The fourth-order valence-corrected chi connectivity index (χ4v) is 3.59. The zero-order valence-electron chi connectivity index (χ0n) is 14.7. The van der Waals surface area contributed by atoms with Crippen molar-refractivity contribution < 1.29 is 4.79 Å². The van der Waals surface area contributed by atoms with Crippen LogP contribution in [-0.2, 0) is 17.8 Å². The van der Waals surface area contributed by atoms with Gasteiger partial charge >= 0.3 is 0 Å². The maximum Gasteiger partial charge on any atom is 0.227 e. The third kappa shape index (κ3) is 3.53. The van der Waals surface area contributed by atoms with Gasteiger partial charge in [0, 0.05) is 30.1 Å². The zero-order chi connectivity index (χ0) is 16.9. The highest BCUT2D eigenvalue weighted by Gasteiger charge is 2.18. The predicted molar refractivity (Wildman–Crippen MR) is 97.9 cm³/mol. The minimum absolute atomic E-state index is 0.114. The third-order valence-corrected chi connectivity index (χ3v) is 4.79. The molecule has 1 aromatic heterocycles. The van der Waals surface area contributed by atoms with Crippen molar-refractivity contribution in [2.24, 2.45) is 5.92 Å². The number of carbonyl (C=O) groups is 1. The van der Waals surface area contributed by atoms with Gasteiger partial charge in [0.1, 0.15) is 5.82 Å². The van der Waals surface area contributed by atoms with Gasteiger partial charge in [0.2, 0.25) is 5.91 Å². The van der Waals surface area contributed by atoms with E-state index in [9.17, 15) is 4.79 Å². The average Bonchev–Trinajstić information content (AvgIpc) is 3.18. The van der Waals surface area contributed by atoms with Gasteiger partial charge in [0.25, 0.3) is 0 Å². The predicted octanol–water partition coefficient (Wildman–Crippen LogP) is 4.65. The Morgan fingerprint density at radius 1 is 1.29 bits per heavy atom. The average molecular weight is 325 g/mol. The summed E-state index contributed by atoms with van der Waals surface area (Å²) in [6.07, 6.45) is 8.17. The molecule has 24 heavy (non-hydrogen) atoms. The van der Waals surface area contributed by atoms with Crippen molar-refractivity contribution >= 4 is 11.6 Å². The number of hydrogen-bond donors (Lipinski definition) is 1. The van der Waals surface area contributed by atoms with E-state index in [0.29, 0.717) is 0 Å². The maximum atomic E-state index is 12.5. The zero-order valence-corrected chi connectivity index (χ0v) is 14.7. The molecule has 0 bridgehead atoms. The Hall–Kier alpha value is -2.10. The van der Waals surface area contributed by atoms with Crippen molar-refractivity contribution in [2.75, 3.05) is 5.32 Å². The van der Waals surface area contributed by atoms with Crippen molar-refractivity contribution in [3.63, 3.8) is 0 Å². The van der Waals surface area contributed by atoms with E-state index in [4.69, 9.17) is 0 Å². The van der Waals surface area contributed by atoms with E-state index in [1.807, 2.05) is 18.3 Å². The summed E-state index contributed by atoms with van der Waals surface area (Å²) in [6, 6.07) is 8.13. The number of imidazole rings is 1. The van der Waals surface area contributed by atoms with Crippen LogP contribution in [-0.4, -0.2) is 15.5 Å². The van der Waals surface area contributed by atoms with Crippen molar-refractivity contribution in [1.82, 2.24) is 9.55 Å². The number of nitrogens with one attached hydrogen (secondary N) is 1. The molecule has 2 aromatic rings. The standard InChI is InChI=1S/C20H27N3O/c1-3-7-15(8-4-2)20(24)22-17-10-5-9-16(13-17)18-14-21-19-11-6-12-23(18)19/h5,9-10,13-15H,3-4,6-8,11-12H2,1-2H3,(H,22,24). The van der Waals surface area contributed by atoms with Gasteiger partial charge in [0.05, 0.1) is 11.9 Å². The highest BCUT2D eigenvalue weighted by atomic mass is 16.1. The summed E-state index contributed by atoms with van der Waals surface area (Å²) in [5.74, 6) is 1.43. The molecule has 0 fully saturated rings. The number of hydrogen-bond acceptors (Lipinski definition) is 2. The van der Waals surface area contributed by atoms with Gasteiger partial charge in [-0.3, -0.25) is 4.79 Å². The number of fused-ring (bicyclic) bond motifs is 1. The van der Waals surface area contributed by atoms with Gasteiger partial charge in [-0.2, -0.15) is 0 Å². The van der Waals surface area contributed by atoms with Gasteiger partial charge in [-0.05, 0) is 31.4 Å². The number of anilines is 1. The molecule has 0 radical (unpaired) electrons. The quantitative estimate of drug-likeness (QED) is 0.805. The number of carbonyl (C=O) groups excluding carboxylic acids is 1. The fraction of sp³-hybridized carbons (Fsp3) is 0.500. The first kappa shape index (κ1) is 16.7. The fourth-order valence-electron chi connectivity index (χ4n) is 3.59. The minimum Gasteiger partial charge on any atom is -0.328 e. The normalized spacial score (nSPS) is 13.3. The monoisotopic (exact) mass is 325 g/mol. The lowest BCUT2D eigenvalue weighted by molar-refractivity contribution is -0.120. The lowest BCUT2D eigenvalue weighted by Gasteiger charge is -2.16. The summed E-state index contributed by atoms with van der Waals surface area (Å²) in [4.78, 5) is 17.1. The van der Waals surface area contributed by atoms with E-state index >= 15 is 0 Å². The SMILES string of the molecule is CCCC(CCC)C(=O)Nc1cccc(-c2cnc3n2CCC3)c1. The molecule has 0 saturated carbocycles. The highest BCUT2D eigenvalue weighted by molar-refractivity contribution is 5.93. The molecule has 0 aliphatic carbocycles. The van der Waals surface area contributed by atoms with Gasteiger partial charge in [-0.15, -0.1) is 0 Å². The Morgan fingerprint density at radius 2 is 2.08 bits per heavy atom. The molecule has 0 spiro atoms. The molecule has 128 valence electrons. The lowest BCUT2D eigenvalue weighted by atomic mass is 9.97. The third-order valence-electron chi connectivity index (χ3n) is 4.79. The van der Waals surface area contributed by atoms with Crippen LogP contribution in [0.1, 0.15) is 51.8 Å². The number of rotatable bonds is 7. The molecule has 1 aromatic carbocycles. The first-order valence-corrected chi connectivity index (χ1v) is 9.18. The molecule has 4 nitrogen and oxygen atoms in total. The second-order valence-electron chi connectivity index (χ2n) is 6.66. The Kier molecular flexibility index (Phi) is 5.34. The van der Waals surface area contributed by atoms with Crippen LogP contribution in [0, 0.1) is 5.92 Å². The molecule has 2 heterocycles. The smallest absolute Gasteiger partial charge is 0.227 e. The molecule has 0 saturated heterocycles. The number of amides is 1. The number of nitrogens with zero attached hydrogens (tertiary/aromatic N) is 2. The van der Waals surface area contributed by atoms with Crippen molar-refractivity contribution in [3.8, 4) is 11.3 Å². The van der Waals surface area contributed by atoms with E-state index in [1.165, 1.54) is 12.2 Å². The summed E-state index contributed by atoms with van der Waals surface area (Å²) in [5.41, 5.74) is 3.15. The van der Waals surface area contributed by atoms with Gasteiger partial charge < -0.3 is 9.88 Å². The molecule has 0 unspecified atom stereocenters. The lowest BCUT2D eigenvalue weighted by Crippen LogP contribution is -2.22. The number of aromatic nitrogens is 2. The van der Waals surface area contributed by atoms with E-state index in [-0.39, 0.29) is 11.8 Å². The molecule has 1 aliphatic heterocycles.